The van der Waals surface area contributed by atoms with Crippen LogP contribution < -0.4 is 10.2 Å². The van der Waals surface area contributed by atoms with Gasteiger partial charge in [-0.05, 0) is 62.2 Å². The lowest BCUT2D eigenvalue weighted by Crippen LogP contribution is -2.18. The van der Waals surface area contributed by atoms with Crippen molar-refractivity contribution in [1.29, 1.82) is 0 Å². The molecule has 0 spiro atoms. The fourth-order valence-corrected chi connectivity index (χ4v) is 3.94. The third-order valence-electron chi connectivity index (χ3n) is 5.67. The fourth-order valence-electron chi connectivity index (χ4n) is 3.94. The number of aromatic nitrogens is 2. The van der Waals surface area contributed by atoms with Gasteiger partial charge >= 0.3 is 0 Å². The normalized spacial score (nSPS) is 13.7. The molecule has 1 amide bonds. The van der Waals surface area contributed by atoms with E-state index in [1.165, 1.54) is 24.1 Å². The van der Waals surface area contributed by atoms with Crippen LogP contribution in [-0.4, -0.2) is 29.0 Å². The van der Waals surface area contributed by atoms with E-state index >= 15 is 0 Å². The minimum Gasteiger partial charge on any atom is -0.372 e. The molecular weight excluding hydrogens is 372 g/mol. The van der Waals surface area contributed by atoms with Crippen molar-refractivity contribution in [2.24, 2.45) is 0 Å². The minimum atomic E-state index is -0.111. The third kappa shape index (κ3) is 3.66. The minimum absolute atomic E-state index is 0.111. The summed E-state index contributed by atoms with van der Waals surface area (Å²) >= 11 is 0. The highest BCUT2D eigenvalue weighted by molar-refractivity contribution is 6.05. The molecule has 4 aromatic rings. The van der Waals surface area contributed by atoms with Crippen molar-refractivity contribution in [3.8, 4) is 11.4 Å². The number of anilines is 2. The molecule has 0 radical (unpaired) electrons. The van der Waals surface area contributed by atoms with E-state index in [9.17, 15) is 4.79 Å². The van der Waals surface area contributed by atoms with Crippen molar-refractivity contribution in [3.05, 3.63) is 77.9 Å². The van der Waals surface area contributed by atoms with E-state index in [2.05, 4.69) is 51.4 Å². The van der Waals surface area contributed by atoms with Crippen LogP contribution in [0.5, 0.6) is 0 Å². The number of hydrogen-bond donors (Lipinski definition) is 2. The summed E-state index contributed by atoms with van der Waals surface area (Å²) in [6, 6.07) is 21.9. The topological polar surface area (TPSA) is 61.0 Å². The van der Waals surface area contributed by atoms with Crippen LogP contribution >= 0.6 is 0 Å². The summed E-state index contributed by atoms with van der Waals surface area (Å²) in [7, 11) is 0. The number of nitrogens with one attached hydrogen (secondary N) is 2. The molecule has 5 nitrogen and oxygen atoms in total. The molecular formula is C25H24N4O. The molecule has 0 unspecified atom stereocenters. The number of imidazole rings is 1. The van der Waals surface area contributed by atoms with E-state index in [0.717, 1.165) is 41.2 Å². The number of nitrogens with zero attached hydrogens (tertiary/aromatic N) is 2. The van der Waals surface area contributed by atoms with Crippen LogP contribution in [0.3, 0.4) is 0 Å². The molecule has 0 saturated carbocycles. The van der Waals surface area contributed by atoms with Crippen LogP contribution in [0.1, 0.15) is 28.8 Å². The number of fused-ring (bicyclic) bond motifs is 1. The Morgan fingerprint density at radius 1 is 0.967 bits per heavy atom. The maximum Gasteiger partial charge on any atom is 0.255 e. The Morgan fingerprint density at radius 2 is 1.70 bits per heavy atom. The average molecular weight is 396 g/mol. The van der Waals surface area contributed by atoms with Crippen molar-refractivity contribution < 1.29 is 4.79 Å². The number of amides is 1. The lowest BCUT2D eigenvalue weighted by molar-refractivity contribution is 0.102. The number of hydrogen-bond acceptors (Lipinski definition) is 3. The fraction of sp³-hybridized carbons (Fsp3) is 0.200. The number of carbonyl (C=O) groups is 1. The standard InChI is InChI=1S/C25H24N4O/c1-17-4-6-18(7-5-17)24-27-22-13-10-20(16-23(22)28-24)26-25(30)19-8-11-21(12-9-19)29-14-2-3-15-29/h4-13,16H,2-3,14-15H2,1H3,(H,26,30)(H,27,28). The van der Waals surface area contributed by atoms with Crippen LogP contribution in [0.4, 0.5) is 11.4 Å². The molecule has 150 valence electrons. The van der Waals surface area contributed by atoms with Crippen LogP contribution in [0.25, 0.3) is 22.4 Å². The van der Waals surface area contributed by atoms with Crippen LogP contribution in [-0.2, 0) is 0 Å². The number of carbonyl (C=O) groups excluding carboxylic acids is 1. The summed E-state index contributed by atoms with van der Waals surface area (Å²) < 4.78 is 0. The van der Waals surface area contributed by atoms with Crippen LogP contribution in [0.15, 0.2) is 66.7 Å². The van der Waals surface area contributed by atoms with Gasteiger partial charge in [0.25, 0.3) is 5.91 Å². The van der Waals surface area contributed by atoms with Gasteiger partial charge in [0, 0.05) is 35.6 Å². The lowest BCUT2D eigenvalue weighted by atomic mass is 10.1. The molecule has 1 aliphatic heterocycles. The zero-order valence-electron chi connectivity index (χ0n) is 17.0. The van der Waals surface area contributed by atoms with Crippen molar-refractivity contribution in [3.63, 3.8) is 0 Å². The molecule has 1 saturated heterocycles. The van der Waals surface area contributed by atoms with E-state index < -0.39 is 0 Å². The van der Waals surface area contributed by atoms with Crippen LogP contribution in [0.2, 0.25) is 0 Å². The van der Waals surface area contributed by atoms with Crippen molar-refractivity contribution >= 4 is 28.3 Å². The summed E-state index contributed by atoms with van der Waals surface area (Å²) in [5.41, 5.74) is 6.62. The molecule has 1 aromatic heterocycles. The molecule has 0 atom stereocenters. The van der Waals surface area contributed by atoms with Gasteiger partial charge in [-0.3, -0.25) is 4.79 Å². The average Bonchev–Trinajstić information content (AvgIpc) is 3.44. The number of benzene rings is 3. The maximum atomic E-state index is 12.7. The first-order chi connectivity index (χ1) is 14.7. The summed E-state index contributed by atoms with van der Waals surface area (Å²) in [5.74, 6) is 0.714. The molecule has 5 heteroatoms. The van der Waals surface area contributed by atoms with Gasteiger partial charge in [0.2, 0.25) is 0 Å². The number of rotatable bonds is 4. The van der Waals surface area contributed by atoms with E-state index in [4.69, 9.17) is 0 Å². The first kappa shape index (κ1) is 18.4. The van der Waals surface area contributed by atoms with Crippen molar-refractivity contribution in [2.45, 2.75) is 19.8 Å². The van der Waals surface area contributed by atoms with Gasteiger partial charge in [-0.2, -0.15) is 0 Å². The molecule has 1 fully saturated rings. The molecule has 0 bridgehead atoms. The zero-order chi connectivity index (χ0) is 20.5. The summed E-state index contributed by atoms with van der Waals surface area (Å²) in [4.78, 5) is 23.1. The van der Waals surface area contributed by atoms with Gasteiger partial charge < -0.3 is 15.2 Å². The number of H-pyrrole nitrogens is 1. The predicted octanol–water partition coefficient (Wildman–Crippen LogP) is 5.39. The van der Waals surface area contributed by atoms with Gasteiger partial charge in [0.15, 0.2) is 0 Å². The molecule has 30 heavy (non-hydrogen) atoms. The quantitative estimate of drug-likeness (QED) is 0.486. The van der Waals surface area contributed by atoms with Gasteiger partial charge in [0.1, 0.15) is 5.82 Å². The third-order valence-corrected chi connectivity index (χ3v) is 5.67. The Kier molecular flexibility index (Phi) is 4.71. The van der Waals surface area contributed by atoms with E-state index in [1.54, 1.807) is 0 Å². The van der Waals surface area contributed by atoms with E-state index in [-0.39, 0.29) is 5.91 Å². The summed E-state index contributed by atoms with van der Waals surface area (Å²) in [6.07, 6.45) is 2.48. The summed E-state index contributed by atoms with van der Waals surface area (Å²) in [6.45, 7) is 4.26. The highest BCUT2D eigenvalue weighted by Crippen LogP contribution is 2.24. The molecule has 3 aromatic carbocycles. The molecule has 1 aliphatic rings. The molecule has 2 N–H and O–H groups in total. The second-order valence-electron chi connectivity index (χ2n) is 7.88. The lowest BCUT2D eigenvalue weighted by Gasteiger charge is -2.17. The van der Waals surface area contributed by atoms with Crippen LogP contribution in [0, 0.1) is 6.92 Å². The Labute approximate surface area is 175 Å². The monoisotopic (exact) mass is 396 g/mol. The highest BCUT2D eigenvalue weighted by Gasteiger charge is 2.13. The van der Waals surface area contributed by atoms with Gasteiger partial charge in [-0.1, -0.05) is 29.8 Å². The van der Waals surface area contributed by atoms with Gasteiger partial charge in [0.05, 0.1) is 11.0 Å². The SMILES string of the molecule is Cc1ccc(-c2nc3ccc(NC(=O)c4ccc(N5CCCC5)cc4)cc3[nH]2)cc1. The number of aryl methyl sites for hydroxylation is 1. The smallest absolute Gasteiger partial charge is 0.255 e. The largest absolute Gasteiger partial charge is 0.372 e. The van der Waals surface area contributed by atoms with Crippen molar-refractivity contribution in [1.82, 2.24) is 9.97 Å². The Balaban J connectivity index is 1.33. The first-order valence-corrected chi connectivity index (χ1v) is 10.4. The maximum absolute atomic E-state index is 12.7. The number of aromatic amines is 1. The Bertz CT molecular complexity index is 1190. The zero-order valence-corrected chi connectivity index (χ0v) is 17.0. The molecule has 5 rings (SSSR count). The Morgan fingerprint density at radius 3 is 2.43 bits per heavy atom. The molecule has 0 aliphatic carbocycles. The van der Waals surface area contributed by atoms with Crippen molar-refractivity contribution in [2.75, 3.05) is 23.3 Å². The predicted molar refractivity (Wildman–Crippen MR) is 122 cm³/mol. The molecule has 2 heterocycles. The van der Waals surface area contributed by atoms with E-state index in [1.807, 2.05) is 42.5 Å². The van der Waals surface area contributed by atoms with Gasteiger partial charge in [-0.25, -0.2) is 4.98 Å². The second-order valence-corrected chi connectivity index (χ2v) is 7.88. The Hall–Kier alpha value is -3.60. The van der Waals surface area contributed by atoms with Gasteiger partial charge in [-0.15, -0.1) is 0 Å². The second kappa shape index (κ2) is 7.67. The summed E-state index contributed by atoms with van der Waals surface area (Å²) in [5, 5.41) is 3.00. The van der Waals surface area contributed by atoms with E-state index in [0.29, 0.717) is 5.56 Å². The first-order valence-electron chi connectivity index (χ1n) is 10.4. The highest BCUT2D eigenvalue weighted by atomic mass is 16.1.